The Labute approximate surface area is 183 Å². The molecule has 0 aliphatic carbocycles. The van der Waals surface area contributed by atoms with Crippen molar-refractivity contribution in [3.8, 4) is 0 Å². The number of pyridine rings is 2. The van der Waals surface area contributed by atoms with Crippen molar-refractivity contribution in [3.05, 3.63) is 69.0 Å². The molecule has 0 radical (unpaired) electrons. The molecule has 12 heteroatoms. The highest BCUT2D eigenvalue weighted by atomic mass is 16.4. The largest absolute Gasteiger partial charge is 0.480 e. The number of aryl methyl sites for hydroxylation is 1. The first-order valence-electron chi connectivity index (χ1n) is 9.59. The number of carboxylic acids is 1. The minimum Gasteiger partial charge on any atom is -0.480 e. The molecule has 2 aromatic heterocycles. The average Bonchev–Trinajstić information content (AvgIpc) is 2.76. The number of aliphatic carboxylic acids is 1. The fourth-order valence-corrected chi connectivity index (χ4v) is 3.00. The van der Waals surface area contributed by atoms with Crippen LogP contribution in [0.25, 0.3) is 0 Å². The number of carbonyl (C=O) groups excluding carboxylic acids is 2. The molecule has 2 amide bonds. The number of hydrogen-bond acceptors (Lipinski definition) is 9. The molecule has 32 heavy (non-hydrogen) atoms. The Kier molecular flexibility index (Phi) is 9.32. The molecule has 2 heterocycles. The van der Waals surface area contributed by atoms with Crippen molar-refractivity contribution in [1.82, 2.24) is 19.8 Å². The maximum atomic E-state index is 11.6. The van der Waals surface area contributed by atoms with Crippen LogP contribution >= 0.6 is 0 Å². The minimum absolute atomic E-state index is 0.0604. The van der Waals surface area contributed by atoms with Crippen molar-refractivity contribution >= 4 is 17.8 Å². The third-order valence-electron chi connectivity index (χ3n) is 4.38. The zero-order chi connectivity index (χ0) is 23.5. The smallest absolute Gasteiger partial charge is 0.334 e. The first-order chi connectivity index (χ1) is 15.3. The number of nitroso groups, excluding NO2 is 2. The van der Waals surface area contributed by atoms with Gasteiger partial charge in [0.2, 0.25) is 0 Å². The molecule has 0 aromatic carbocycles. The van der Waals surface area contributed by atoms with E-state index in [0.29, 0.717) is 11.4 Å². The average molecular weight is 442 g/mol. The van der Waals surface area contributed by atoms with Crippen LogP contribution in [-0.4, -0.2) is 68.8 Å². The van der Waals surface area contributed by atoms with Crippen LogP contribution in [0.4, 0.5) is 0 Å². The van der Waals surface area contributed by atoms with Crippen LogP contribution in [0, 0.1) is 16.7 Å². The van der Waals surface area contributed by atoms with E-state index in [2.05, 4.69) is 20.3 Å². The zero-order valence-electron chi connectivity index (χ0n) is 17.4. The molecule has 1 N–H and O–H groups in total. The third-order valence-corrected chi connectivity index (χ3v) is 4.38. The molecule has 0 aliphatic heterocycles. The van der Waals surface area contributed by atoms with E-state index in [0.717, 1.165) is 5.69 Å². The number of nitrogens with zero attached hydrogens (tertiary/aromatic N) is 6. The van der Waals surface area contributed by atoms with Gasteiger partial charge in [-0.25, -0.2) is 4.98 Å². The normalized spacial score (nSPS) is 10.8. The second-order valence-corrected chi connectivity index (χ2v) is 6.98. The molecular formula is C20H22N6O6. The van der Waals surface area contributed by atoms with E-state index in [9.17, 15) is 29.3 Å². The summed E-state index contributed by atoms with van der Waals surface area (Å²) in [5.74, 6) is -2.96. The van der Waals surface area contributed by atoms with E-state index in [4.69, 9.17) is 0 Å². The summed E-state index contributed by atoms with van der Waals surface area (Å²) in [6.45, 7) is 2.03. The van der Waals surface area contributed by atoms with Gasteiger partial charge in [0.25, 0.3) is 5.91 Å². The lowest BCUT2D eigenvalue weighted by Gasteiger charge is -2.25. The SMILES string of the molecule is Cc1cccc(CN(CCN(CC(=O)N=O)Cc2cccc(C(=O)N=O)n2)CC(=O)O)n1. The van der Waals surface area contributed by atoms with Gasteiger partial charge in [-0.15, -0.1) is 9.81 Å². The van der Waals surface area contributed by atoms with E-state index in [1.54, 1.807) is 21.9 Å². The van der Waals surface area contributed by atoms with Gasteiger partial charge in [0, 0.05) is 42.2 Å². The van der Waals surface area contributed by atoms with Gasteiger partial charge in [-0.1, -0.05) is 12.1 Å². The lowest BCUT2D eigenvalue weighted by molar-refractivity contribution is -0.138. The van der Waals surface area contributed by atoms with Crippen LogP contribution in [0.15, 0.2) is 46.8 Å². The standard InChI is InChI=1S/C20H22N6O6/c1-14-4-2-5-15(21-14)10-26(13-19(28)29)9-8-25(12-18(27)23-31)11-16-6-3-7-17(22-16)20(30)24-32/h2-7H,8-13H2,1H3,(H,28,29). The second kappa shape index (κ2) is 12.2. The number of carboxylic acid groups (broad SMARTS) is 1. The maximum absolute atomic E-state index is 11.6. The van der Waals surface area contributed by atoms with Crippen molar-refractivity contribution in [2.24, 2.45) is 10.4 Å². The summed E-state index contributed by atoms with van der Waals surface area (Å²) in [6.07, 6.45) is 0. The van der Waals surface area contributed by atoms with Gasteiger partial charge in [-0.3, -0.25) is 29.2 Å². The Hall–Kier alpha value is -3.77. The quantitative estimate of drug-likeness (QED) is 0.475. The highest BCUT2D eigenvalue weighted by Crippen LogP contribution is 2.08. The van der Waals surface area contributed by atoms with Crippen molar-refractivity contribution in [3.63, 3.8) is 0 Å². The van der Waals surface area contributed by atoms with Crippen LogP contribution in [0.1, 0.15) is 27.6 Å². The van der Waals surface area contributed by atoms with Gasteiger partial charge in [0.1, 0.15) is 5.69 Å². The van der Waals surface area contributed by atoms with E-state index < -0.39 is 17.8 Å². The summed E-state index contributed by atoms with van der Waals surface area (Å²) in [4.78, 5) is 67.0. The molecule has 0 saturated carbocycles. The Bertz CT molecular complexity index is 998. The molecule has 12 nitrogen and oxygen atoms in total. The second-order valence-electron chi connectivity index (χ2n) is 6.98. The predicted octanol–water partition coefficient (Wildman–Crippen LogP) is 1.37. The first kappa shape index (κ1) is 24.5. The van der Waals surface area contributed by atoms with Crippen LogP contribution < -0.4 is 0 Å². The Morgan fingerprint density at radius 3 is 2.03 bits per heavy atom. The van der Waals surface area contributed by atoms with E-state index in [1.165, 1.54) is 12.1 Å². The highest BCUT2D eigenvalue weighted by molar-refractivity contribution is 5.92. The number of rotatable bonds is 12. The van der Waals surface area contributed by atoms with E-state index >= 15 is 0 Å². The molecule has 0 spiro atoms. The Morgan fingerprint density at radius 2 is 1.47 bits per heavy atom. The molecule has 2 aromatic rings. The van der Waals surface area contributed by atoms with Crippen LogP contribution in [-0.2, 0) is 22.7 Å². The molecule has 0 fully saturated rings. The van der Waals surface area contributed by atoms with Gasteiger partial charge in [-0.2, -0.15) is 0 Å². The minimum atomic E-state index is -1.03. The van der Waals surface area contributed by atoms with Crippen LogP contribution in [0.3, 0.4) is 0 Å². The Balaban J connectivity index is 2.13. The number of hydrogen-bond donors (Lipinski definition) is 1. The molecule has 0 aliphatic rings. The van der Waals surface area contributed by atoms with Gasteiger partial charge in [-0.05, 0) is 31.2 Å². The lowest BCUT2D eigenvalue weighted by atomic mass is 10.2. The molecule has 0 atom stereocenters. The van der Waals surface area contributed by atoms with Gasteiger partial charge < -0.3 is 5.11 Å². The summed E-state index contributed by atoms with van der Waals surface area (Å²) >= 11 is 0. The van der Waals surface area contributed by atoms with Gasteiger partial charge >= 0.3 is 11.9 Å². The summed E-state index contributed by atoms with van der Waals surface area (Å²) in [5.41, 5.74) is 1.71. The van der Waals surface area contributed by atoms with Crippen molar-refractivity contribution in [1.29, 1.82) is 0 Å². The summed E-state index contributed by atoms with van der Waals surface area (Å²) in [6, 6.07) is 9.87. The summed E-state index contributed by atoms with van der Waals surface area (Å²) < 4.78 is 0. The molecule has 0 saturated heterocycles. The maximum Gasteiger partial charge on any atom is 0.334 e. The van der Waals surface area contributed by atoms with Gasteiger partial charge in [0.05, 0.1) is 24.5 Å². The number of carbonyl (C=O) groups is 3. The molecule has 0 unspecified atom stereocenters. The topological polar surface area (TPSA) is 163 Å². The fraction of sp³-hybridized carbons (Fsp3) is 0.350. The third kappa shape index (κ3) is 8.16. The highest BCUT2D eigenvalue weighted by Gasteiger charge is 2.18. The molecule has 0 bridgehead atoms. The van der Waals surface area contributed by atoms with Crippen molar-refractivity contribution in [2.45, 2.75) is 20.0 Å². The van der Waals surface area contributed by atoms with Crippen LogP contribution in [0.2, 0.25) is 0 Å². The fourth-order valence-electron chi connectivity index (χ4n) is 3.00. The first-order valence-corrected chi connectivity index (χ1v) is 9.59. The monoisotopic (exact) mass is 442 g/mol. The van der Waals surface area contributed by atoms with Crippen LogP contribution in [0.5, 0.6) is 0 Å². The van der Waals surface area contributed by atoms with E-state index in [1.807, 2.05) is 19.1 Å². The molecular weight excluding hydrogens is 420 g/mol. The van der Waals surface area contributed by atoms with E-state index in [-0.39, 0.29) is 45.0 Å². The number of amides is 2. The Morgan fingerprint density at radius 1 is 0.875 bits per heavy atom. The number of aromatic nitrogens is 2. The van der Waals surface area contributed by atoms with Gasteiger partial charge in [0.15, 0.2) is 0 Å². The zero-order valence-corrected chi connectivity index (χ0v) is 17.4. The van der Waals surface area contributed by atoms with Crippen molar-refractivity contribution < 1.29 is 19.5 Å². The molecule has 168 valence electrons. The summed E-state index contributed by atoms with van der Waals surface area (Å²) in [7, 11) is 0. The summed E-state index contributed by atoms with van der Waals surface area (Å²) in [5, 5.41) is 14.0. The predicted molar refractivity (Wildman–Crippen MR) is 112 cm³/mol. The molecule has 2 rings (SSSR count). The lowest BCUT2D eigenvalue weighted by Crippen LogP contribution is -2.39. The van der Waals surface area contributed by atoms with Crippen molar-refractivity contribution in [2.75, 3.05) is 26.2 Å².